The van der Waals surface area contributed by atoms with Gasteiger partial charge >= 0.3 is 0 Å². The molecule has 2 aliphatic heterocycles. The van der Waals surface area contributed by atoms with Crippen molar-refractivity contribution >= 4 is 18.3 Å². The minimum atomic E-state index is -0.0499. The maximum atomic E-state index is 13.4. The van der Waals surface area contributed by atoms with Crippen molar-refractivity contribution < 1.29 is 19.0 Å². The smallest absolute Gasteiger partial charge is 0.225 e. The summed E-state index contributed by atoms with van der Waals surface area (Å²) in [5.41, 5.74) is 2.12. The van der Waals surface area contributed by atoms with Crippen LogP contribution in [0.4, 0.5) is 0 Å². The first-order chi connectivity index (χ1) is 14.2. The summed E-state index contributed by atoms with van der Waals surface area (Å²) in [4.78, 5) is 15.4. The number of nitrogens with zero attached hydrogens (tertiary/aromatic N) is 1. The Morgan fingerprint density at radius 2 is 2.03 bits per heavy atom. The van der Waals surface area contributed by atoms with Crippen molar-refractivity contribution in [2.24, 2.45) is 0 Å². The highest BCUT2D eigenvalue weighted by atomic mass is 35.5. The zero-order valence-corrected chi connectivity index (χ0v) is 18.0. The van der Waals surface area contributed by atoms with Crippen LogP contribution in [0, 0.1) is 0 Å². The third kappa shape index (κ3) is 5.25. The fraction of sp³-hybridized carbons (Fsp3) is 0.435. The van der Waals surface area contributed by atoms with Crippen LogP contribution in [0.15, 0.2) is 48.5 Å². The lowest BCUT2D eigenvalue weighted by atomic mass is 9.97. The minimum absolute atomic E-state index is 0. The van der Waals surface area contributed by atoms with Crippen molar-refractivity contribution in [1.82, 2.24) is 10.2 Å². The Labute approximate surface area is 183 Å². The first-order valence-electron chi connectivity index (χ1n) is 10.2. The molecule has 162 valence electrons. The van der Waals surface area contributed by atoms with Gasteiger partial charge < -0.3 is 24.4 Å². The fourth-order valence-electron chi connectivity index (χ4n) is 4.04. The number of amides is 1. The molecule has 4 rings (SSSR count). The summed E-state index contributed by atoms with van der Waals surface area (Å²) >= 11 is 0. The van der Waals surface area contributed by atoms with Crippen LogP contribution < -0.4 is 14.8 Å². The summed E-state index contributed by atoms with van der Waals surface area (Å²) in [5, 5.41) is 3.39. The molecule has 0 aliphatic carbocycles. The molecule has 2 aromatic rings. The Bertz CT molecular complexity index is 827. The molecule has 0 bridgehead atoms. The topological polar surface area (TPSA) is 60.0 Å². The number of carbonyl (C=O) groups is 1. The van der Waals surface area contributed by atoms with Gasteiger partial charge in [-0.1, -0.05) is 30.3 Å². The van der Waals surface area contributed by atoms with Crippen molar-refractivity contribution in [2.75, 3.05) is 33.5 Å². The van der Waals surface area contributed by atoms with Gasteiger partial charge in [0.25, 0.3) is 0 Å². The molecule has 2 atom stereocenters. The predicted octanol–water partition coefficient (Wildman–Crippen LogP) is 3.35. The highest BCUT2D eigenvalue weighted by Gasteiger charge is 2.32. The van der Waals surface area contributed by atoms with E-state index in [2.05, 4.69) is 17.4 Å². The molecule has 2 heterocycles. The fourth-order valence-corrected chi connectivity index (χ4v) is 4.04. The monoisotopic (exact) mass is 432 g/mol. The molecule has 30 heavy (non-hydrogen) atoms. The predicted molar refractivity (Wildman–Crippen MR) is 117 cm³/mol. The lowest BCUT2D eigenvalue weighted by molar-refractivity contribution is -0.136. The Kier molecular flexibility index (Phi) is 7.96. The molecule has 2 unspecified atom stereocenters. The van der Waals surface area contributed by atoms with Gasteiger partial charge in [-0.3, -0.25) is 4.79 Å². The van der Waals surface area contributed by atoms with Crippen LogP contribution in [0.5, 0.6) is 11.5 Å². The lowest BCUT2D eigenvalue weighted by Gasteiger charge is -2.37. The zero-order valence-electron chi connectivity index (χ0n) is 17.2. The Hall–Kier alpha value is -2.28. The van der Waals surface area contributed by atoms with Crippen LogP contribution in [0.2, 0.25) is 0 Å². The van der Waals surface area contributed by atoms with Crippen molar-refractivity contribution in [2.45, 2.75) is 31.5 Å². The van der Waals surface area contributed by atoms with E-state index in [-0.39, 0.29) is 30.4 Å². The second-order valence-electron chi connectivity index (χ2n) is 7.49. The normalized spacial score (nSPS) is 20.3. The van der Waals surface area contributed by atoms with Gasteiger partial charge in [0.05, 0.1) is 33.0 Å². The molecule has 0 spiro atoms. The van der Waals surface area contributed by atoms with Crippen LogP contribution in [0.25, 0.3) is 0 Å². The van der Waals surface area contributed by atoms with Gasteiger partial charge in [0, 0.05) is 37.5 Å². The van der Waals surface area contributed by atoms with Crippen LogP contribution in [-0.2, 0) is 16.1 Å². The van der Waals surface area contributed by atoms with Crippen LogP contribution >= 0.6 is 12.4 Å². The molecule has 2 aromatic carbocycles. The van der Waals surface area contributed by atoms with Gasteiger partial charge in [0.2, 0.25) is 5.91 Å². The molecule has 0 radical (unpaired) electrons. The molecule has 7 heteroatoms. The summed E-state index contributed by atoms with van der Waals surface area (Å²) < 4.78 is 16.8. The number of halogens is 1. The van der Waals surface area contributed by atoms with Gasteiger partial charge in [-0.2, -0.15) is 0 Å². The number of carbonyl (C=O) groups excluding carboxylic acids is 1. The molecule has 1 saturated heterocycles. The van der Waals surface area contributed by atoms with Crippen molar-refractivity contribution in [1.29, 1.82) is 0 Å². The van der Waals surface area contributed by atoms with E-state index in [1.807, 2.05) is 41.3 Å². The Balaban J connectivity index is 0.00000256. The number of benzene rings is 2. The van der Waals surface area contributed by atoms with Gasteiger partial charge in [0.15, 0.2) is 0 Å². The van der Waals surface area contributed by atoms with Crippen LogP contribution in [0.1, 0.15) is 30.0 Å². The van der Waals surface area contributed by atoms with Crippen molar-refractivity contribution in [3.05, 3.63) is 59.7 Å². The highest BCUT2D eigenvalue weighted by Crippen LogP contribution is 2.39. The van der Waals surface area contributed by atoms with E-state index in [1.165, 1.54) is 0 Å². The van der Waals surface area contributed by atoms with E-state index < -0.39 is 0 Å². The highest BCUT2D eigenvalue weighted by molar-refractivity contribution is 5.85. The summed E-state index contributed by atoms with van der Waals surface area (Å²) in [6, 6.07) is 16.0. The molecule has 1 N–H and O–H groups in total. The van der Waals surface area contributed by atoms with Crippen molar-refractivity contribution in [3.63, 3.8) is 0 Å². The third-order valence-corrected chi connectivity index (χ3v) is 5.54. The van der Waals surface area contributed by atoms with Crippen LogP contribution in [0.3, 0.4) is 0 Å². The van der Waals surface area contributed by atoms with Gasteiger partial charge in [-0.25, -0.2) is 0 Å². The SMILES string of the molecule is COc1ccc2c(c1)C(N(Cc1ccccc1)C(=O)CC1COCCN1)CCO2.Cl. The van der Waals surface area contributed by atoms with Gasteiger partial charge in [-0.15, -0.1) is 12.4 Å². The van der Waals surface area contributed by atoms with Crippen molar-refractivity contribution in [3.8, 4) is 11.5 Å². The van der Waals surface area contributed by atoms with E-state index in [4.69, 9.17) is 14.2 Å². The molecular weight excluding hydrogens is 404 g/mol. The van der Waals surface area contributed by atoms with E-state index in [1.54, 1.807) is 7.11 Å². The number of hydrogen-bond donors (Lipinski definition) is 1. The average Bonchev–Trinajstić information content (AvgIpc) is 2.78. The van der Waals surface area contributed by atoms with E-state index >= 15 is 0 Å². The number of morpholine rings is 1. The largest absolute Gasteiger partial charge is 0.497 e. The van der Waals surface area contributed by atoms with Gasteiger partial charge in [-0.05, 0) is 23.8 Å². The van der Waals surface area contributed by atoms with Gasteiger partial charge in [0.1, 0.15) is 11.5 Å². The van der Waals surface area contributed by atoms with E-state index in [9.17, 15) is 4.79 Å². The molecule has 1 amide bonds. The maximum Gasteiger partial charge on any atom is 0.225 e. The Morgan fingerprint density at radius 3 is 2.77 bits per heavy atom. The molecule has 6 nitrogen and oxygen atoms in total. The standard InChI is InChI=1S/C23H28N2O4.ClH/c1-27-19-7-8-22-20(14-19)21(9-11-29-22)25(15-17-5-3-2-4-6-17)23(26)13-18-16-28-12-10-24-18;/h2-8,14,18,21,24H,9-13,15-16H2,1H3;1H. The number of rotatable bonds is 6. The second kappa shape index (κ2) is 10.7. The summed E-state index contributed by atoms with van der Waals surface area (Å²) in [6.07, 6.45) is 1.18. The summed E-state index contributed by atoms with van der Waals surface area (Å²) in [5.74, 6) is 1.72. The summed E-state index contributed by atoms with van der Waals surface area (Å²) in [6.45, 7) is 3.21. The molecule has 1 fully saturated rings. The average molecular weight is 433 g/mol. The Morgan fingerprint density at radius 1 is 1.20 bits per heavy atom. The zero-order chi connectivity index (χ0) is 20.1. The minimum Gasteiger partial charge on any atom is -0.497 e. The quantitative estimate of drug-likeness (QED) is 0.758. The molecular formula is C23H29ClN2O4. The van der Waals surface area contributed by atoms with Crippen LogP contribution in [-0.4, -0.2) is 50.3 Å². The number of hydrogen-bond acceptors (Lipinski definition) is 5. The maximum absolute atomic E-state index is 13.4. The number of nitrogens with one attached hydrogen (secondary N) is 1. The second-order valence-corrected chi connectivity index (χ2v) is 7.49. The molecule has 0 saturated carbocycles. The number of ether oxygens (including phenoxy) is 3. The number of fused-ring (bicyclic) bond motifs is 1. The third-order valence-electron chi connectivity index (χ3n) is 5.54. The first kappa shape index (κ1) is 22.4. The number of methoxy groups -OCH3 is 1. The van der Waals surface area contributed by atoms with E-state index in [0.29, 0.717) is 32.8 Å². The summed E-state index contributed by atoms with van der Waals surface area (Å²) in [7, 11) is 1.65. The first-order valence-corrected chi connectivity index (χ1v) is 10.2. The molecule has 2 aliphatic rings. The lowest BCUT2D eigenvalue weighted by Crippen LogP contribution is -2.46. The molecule has 0 aromatic heterocycles. The van der Waals surface area contributed by atoms with E-state index in [0.717, 1.165) is 35.6 Å².